The van der Waals surface area contributed by atoms with Crippen molar-refractivity contribution >= 4 is 0 Å². The van der Waals surface area contributed by atoms with Crippen LogP contribution in [0.4, 0.5) is 0 Å². The Balaban J connectivity index is 1.85. The van der Waals surface area contributed by atoms with Crippen molar-refractivity contribution in [3.05, 3.63) is 65.2 Å². The molecule has 2 rings (SSSR count). The van der Waals surface area contributed by atoms with Gasteiger partial charge in [-0.25, -0.2) is 0 Å². The molecule has 0 unspecified atom stereocenters. The van der Waals surface area contributed by atoms with Crippen molar-refractivity contribution < 1.29 is 14.6 Å². The maximum Gasteiger partial charge on any atom is 0.119 e. The summed E-state index contributed by atoms with van der Waals surface area (Å²) in [7, 11) is 1.65. The van der Waals surface area contributed by atoms with Crippen LogP contribution in [0.2, 0.25) is 0 Å². The maximum atomic E-state index is 8.64. The van der Waals surface area contributed by atoms with Crippen LogP contribution in [0.15, 0.2) is 48.5 Å². The Bertz CT molecular complexity index is 621. The molecule has 2 aromatic carbocycles. The Morgan fingerprint density at radius 2 is 1.76 bits per heavy atom. The molecule has 0 saturated carbocycles. The van der Waals surface area contributed by atoms with Crippen LogP contribution >= 0.6 is 0 Å². The lowest BCUT2D eigenvalue weighted by atomic mass is 10.1. The van der Waals surface area contributed by atoms with Gasteiger partial charge in [-0.3, -0.25) is 0 Å². The lowest BCUT2D eigenvalue weighted by Gasteiger charge is -2.06. The predicted molar refractivity (Wildman–Crippen MR) is 81.9 cm³/mol. The second kappa shape index (κ2) is 8.11. The Morgan fingerprint density at radius 3 is 2.48 bits per heavy atom. The van der Waals surface area contributed by atoms with Crippen molar-refractivity contribution in [1.29, 1.82) is 0 Å². The van der Waals surface area contributed by atoms with Gasteiger partial charge in [0.1, 0.15) is 12.4 Å². The van der Waals surface area contributed by atoms with E-state index in [-0.39, 0.29) is 6.61 Å². The Labute approximate surface area is 125 Å². The molecule has 0 aliphatic carbocycles. The van der Waals surface area contributed by atoms with E-state index < -0.39 is 0 Å². The number of aliphatic hydroxyl groups is 1. The first-order valence-electron chi connectivity index (χ1n) is 6.71. The average molecular weight is 282 g/mol. The van der Waals surface area contributed by atoms with Crippen molar-refractivity contribution in [1.82, 2.24) is 0 Å². The molecule has 108 valence electrons. The lowest BCUT2D eigenvalue weighted by Crippen LogP contribution is -1.95. The minimum atomic E-state index is -0.120. The predicted octanol–water partition coefficient (Wildman–Crippen LogP) is 2.76. The molecule has 0 saturated heterocycles. The summed E-state index contributed by atoms with van der Waals surface area (Å²) < 4.78 is 10.9. The summed E-state index contributed by atoms with van der Waals surface area (Å²) in [6, 6.07) is 15.6. The SMILES string of the molecule is COc1cccc(COCc2ccc(C#CCO)cc2)c1. The monoisotopic (exact) mass is 282 g/mol. The van der Waals surface area contributed by atoms with E-state index in [9.17, 15) is 0 Å². The Morgan fingerprint density at radius 1 is 1.00 bits per heavy atom. The highest BCUT2D eigenvalue weighted by molar-refractivity contribution is 5.36. The quantitative estimate of drug-likeness (QED) is 0.857. The molecule has 3 heteroatoms. The maximum absolute atomic E-state index is 8.64. The third-order valence-corrected chi connectivity index (χ3v) is 2.94. The van der Waals surface area contributed by atoms with Gasteiger partial charge in [0.25, 0.3) is 0 Å². The number of ether oxygens (including phenoxy) is 2. The molecule has 0 heterocycles. The fourth-order valence-electron chi connectivity index (χ4n) is 1.87. The molecule has 0 bridgehead atoms. The zero-order valence-electron chi connectivity index (χ0n) is 12.0. The van der Waals surface area contributed by atoms with E-state index in [4.69, 9.17) is 14.6 Å². The molecule has 0 radical (unpaired) electrons. The van der Waals surface area contributed by atoms with Gasteiger partial charge in [0, 0.05) is 5.56 Å². The van der Waals surface area contributed by atoms with E-state index in [1.165, 1.54) is 0 Å². The second-order valence-electron chi connectivity index (χ2n) is 4.50. The number of benzene rings is 2. The smallest absolute Gasteiger partial charge is 0.119 e. The summed E-state index contributed by atoms with van der Waals surface area (Å²) >= 11 is 0. The highest BCUT2D eigenvalue weighted by atomic mass is 16.5. The molecule has 0 atom stereocenters. The van der Waals surface area contributed by atoms with Gasteiger partial charge < -0.3 is 14.6 Å². The second-order valence-corrected chi connectivity index (χ2v) is 4.50. The van der Waals surface area contributed by atoms with E-state index in [0.29, 0.717) is 13.2 Å². The highest BCUT2D eigenvalue weighted by Gasteiger charge is 1.98. The molecule has 3 nitrogen and oxygen atoms in total. The van der Waals surface area contributed by atoms with Crippen molar-refractivity contribution in [3.8, 4) is 17.6 Å². The molecule has 0 amide bonds. The number of hydrogen-bond donors (Lipinski definition) is 1. The van der Waals surface area contributed by atoms with E-state index in [1.807, 2.05) is 48.5 Å². The normalized spacial score (nSPS) is 9.81. The van der Waals surface area contributed by atoms with E-state index in [1.54, 1.807) is 7.11 Å². The van der Waals surface area contributed by atoms with E-state index in [0.717, 1.165) is 22.4 Å². The number of aliphatic hydroxyl groups excluding tert-OH is 1. The summed E-state index contributed by atoms with van der Waals surface area (Å²) in [4.78, 5) is 0. The topological polar surface area (TPSA) is 38.7 Å². The molecule has 0 aliphatic heterocycles. The third kappa shape index (κ3) is 4.96. The van der Waals surface area contributed by atoms with Gasteiger partial charge in [-0.2, -0.15) is 0 Å². The standard InChI is InChI=1S/C18H18O3/c1-20-18-6-2-4-17(12-18)14-21-13-16-9-7-15(8-10-16)5-3-11-19/h2,4,6-10,12,19H,11,13-14H2,1H3. The van der Waals surface area contributed by atoms with Crippen LogP contribution in [0.25, 0.3) is 0 Å². The molecule has 0 spiro atoms. The van der Waals surface area contributed by atoms with Gasteiger partial charge in [-0.15, -0.1) is 0 Å². The fourth-order valence-corrected chi connectivity index (χ4v) is 1.87. The minimum absolute atomic E-state index is 0.120. The van der Waals surface area contributed by atoms with Crippen LogP contribution in [0.5, 0.6) is 5.75 Å². The van der Waals surface area contributed by atoms with Crippen LogP contribution in [0.1, 0.15) is 16.7 Å². The zero-order chi connectivity index (χ0) is 14.9. The van der Waals surface area contributed by atoms with Crippen LogP contribution in [0, 0.1) is 11.8 Å². The lowest BCUT2D eigenvalue weighted by molar-refractivity contribution is 0.107. The molecule has 0 fully saturated rings. The van der Waals surface area contributed by atoms with Crippen molar-refractivity contribution in [2.24, 2.45) is 0 Å². The fraction of sp³-hybridized carbons (Fsp3) is 0.222. The average Bonchev–Trinajstić information content (AvgIpc) is 2.54. The first kappa shape index (κ1) is 15.1. The molecule has 0 aliphatic rings. The van der Waals surface area contributed by atoms with Crippen LogP contribution in [-0.2, 0) is 18.0 Å². The Hall–Kier alpha value is -2.28. The molecular weight excluding hydrogens is 264 g/mol. The largest absolute Gasteiger partial charge is 0.497 e. The summed E-state index contributed by atoms with van der Waals surface area (Å²) in [5, 5.41) is 8.64. The number of rotatable bonds is 5. The molecular formula is C18H18O3. The van der Waals surface area contributed by atoms with Crippen LogP contribution in [-0.4, -0.2) is 18.8 Å². The molecule has 2 aromatic rings. The van der Waals surface area contributed by atoms with Gasteiger partial charge in [-0.1, -0.05) is 36.1 Å². The van der Waals surface area contributed by atoms with Gasteiger partial charge in [0.05, 0.1) is 20.3 Å². The summed E-state index contributed by atoms with van der Waals surface area (Å²) in [6.07, 6.45) is 0. The van der Waals surface area contributed by atoms with Gasteiger partial charge in [-0.05, 0) is 35.4 Å². The Kier molecular flexibility index (Phi) is 5.83. The molecule has 21 heavy (non-hydrogen) atoms. The zero-order valence-corrected chi connectivity index (χ0v) is 12.0. The molecule has 1 N–H and O–H groups in total. The van der Waals surface area contributed by atoms with Crippen LogP contribution < -0.4 is 4.74 Å². The first-order valence-corrected chi connectivity index (χ1v) is 6.71. The van der Waals surface area contributed by atoms with Crippen molar-refractivity contribution in [2.75, 3.05) is 13.7 Å². The minimum Gasteiger partial charge on any atom is -0.497 e. The number of methoxy groups -OCH3 is 1. The number of hydrogen-bond acceptors (Lipinski definition) is 3. The van der Waals surface area contributed by atoms with Crippen LogP contribution in [0.3, 0.4) is 0 Å². The van der Waals surface area contributed by atoms with Crippen molar-refractivity contribution in [3.63, 3.8) is 0 Å². The van der Waals surface area contributed by atoms with Gasteiger partial charge in [0.2, 0.25) is 0 Å². The van der Waals surface area contributed by atoms with Crippen molar-refractivity contribution in [2.45, 2.75) is 13.2 Å². The van der Waals surface area contributed by atoms with E-state index >= 15 is 0 Å². The molecule has 0 aromatic heterocycles. The highest BCUT2D eigenvalue weighted by Crippen LogP contribution is 2.14. The third-order valence-electron chi connectivity index (χ3n) is 2.94. The first-order chi connectivity index (χ1) is 10.3. The summed E-state index contributed by atoms with van der Waals surface area (Å²) in [5.41, 5.74) is 3.06. The van der Waals surface area contributed by atoms with E-state index in [2.05, 4.69) is 11.8 Å². The summed E-state index contributed by atoms with van der Waals surface area (Å²) in [5.74, 6) is 6.32. The summed E-state index contributed by atoms with van der Waals surface area (Å²) in [6.45, 7) is 0.972. The van der Waals surface area contributed by atoms with Gasteiger partial charge in [0.15, 0.2) is 0 Å². The van der Waals surface area contributed by atoms with Gasteiger partial charge >= 0.3 is 0 Å².